The first-order valence-corrected chi connectivity index (χ1v) is 7.90. The molecule has 0 aromatic heterocycles. The molecular weight excluding hydrogens is 436 g/mol. The van der Waals surface area contributed by atoms with Gasteiger partial charge in [-0.3, -0.25) is 24.0 Å². The Morgan fingerprint density at radius 3 is 1.13 bits per heavy atom. The Hall–Kier alpha value is -3.79. The largest absolute Gasteiger partial charge is 0.481 e. The van der Waals surface area contributed by atoms with Crippen LogP contribution < -0.4 is 0 Å². The van der Waals surface area contributed by atoms with Crippen molar-refractivity contribution in [1.82, 2.24) is 0 Å². The fourth-order valence-electron chi connectivity index (χ4n) is 1.36. The van der Waals surface area contributed by atoms with Crippen molar-refractivity contribution in [2.45, 2.75) is 50.2 Å². The lowest BCUT2D eigenvalue weighted by Gasteiger charge is -2.18. The highest BCUT2D eigenvalue weighted by Gasteiger charge is 2.40. The van der Waals surface area contributed by atoms with Gasteiger partial charge in [0.25, 0.3) is 0 Å². The average Bonchev–Trinajstić information content (AvgIpc) is 2.52. The Kier molecular flexibility index (Phi) is 16.5. The first kappa shape index (κ1) is 31.9. The highest BCUT2D eigenvalue weighted by atomic mass is 16.4. The van der Waals surface area contributed by atoms with E-state index >= 15 is 0 Å². The monoisotopic (exact) mass is 458 g/mol. The van der Waals surface area contributed by atoms with Gasteiger partial charge in [-0.05, 0) is 6.42 Å². The molecule has 1 unspecified atom stereocenters. The maximum Gasteiger partial charge on any atom is 0.336 e. The van der Waals surface area contributed by atoms with Crippen molar-refractivity contribution >= 4 is 41.8 Å². The number of carboxylic acid groups (broad SMARTS) is 7. The van der Waals surface area contributed by atoms with Gasteiger partial charge in [0, 0.05) is 12.8 Å². The van der Waals surface area contributed by atoms with Crippen molar-refractivity contribution in [2.24, 2.45) is 0 Å². The van der Waals surface area contributed by atoms with E-state index in [9.17, 15) is 33.6 Å². The van der Waals surface area contributed by atoms with Crippen molar-refractivity contribution in [3.05, 3.63) is 0 Å². The number of aliphatic carboxylic acids is 7. The summed E-state index contributed by atoms with van der Waals surface area (Å²) in [4.78, 5) is 69.5. The summed E-state index contributed by atoms with van der Waals surface area (Å²) >= 11 is 0. The first-order valence-electron chi connectivity index (χ1n) is 7.90. The molecule has 0 aromatic rings. The van der Waals surface area contributed by atoms with Crippen LogP contribution in [-0.4, -0.2) is 99.4 Å². The van der Waals surface area contributed by atoms with Crippen LogP contribution in [0.4, 0.5) is 0 Å². The van der Waals surface area contributed by atoms with Crippen molar-refractivity contribution in [1.29, 1.82) is 0 Å². The van der Waals surface area contributed by atoms with E-state index in [1.807, 2.05) is 0 Å². The maximum absolute atomic E-state index is 10.3. The zero-order valence-electron chi connectivity index (χ0n) is 15.7. The maximum atomic E-state index is 10.3. The molecule has 0 rings (SSSR count). The summed E-state index contributed by atoms with van der Waals surface area (Å²) in [6.45, 7) is 0. The van der Waals surface area contributed by atoms with Crippen LogP contribution in [-0.2, 0) is 33.6 Å². The van der Waals surface area contributed by atoms with Gasteiger partial charge in [0.1, 0.15) is 0 Å². The molecule has 0 amide bonds. The summed E-state index contributed by atoms with van der Waals surface area (Å²) in [5.74, 6) is -9.76. The summed E-state index contributed by atoms with van der Waals surface area (Å²) in [7, 11) is 0. The minimum Gasteiger partial charge on any atom is -0.481 e. The smallest absolute Gasteiger partial charge is 0.336 e. The molecule has 0 aliphatic heterocycles. The molecule has 1 atom stereocenters. The van der Waals surface area contributed by atoms with Gasteiger partial charge in [0.05, 0.1) is 19.3 Å². The van der Waals surface area contributed by atoms with E-state index < -0.39 is 72.8 Å². The molecule has 0 saturated heterocycles. The summed E-state index contributed by atoms with van der Waals surface area (Å²) in [5, 5.41) is 74.0. The molecule has 16 nitrogen and oxygen atoms in total. The van der Waals surface area contributed by atoms with Crippen LogP contribution >= 0.6 is 0 Å². The zero-order valence-corrected chi connectivity index (χ0v) is 15.7. The fraction of sp³-hybridized carbons (Fsp3) is 0.533. The van der Waals surface area contributed by atoms with Gasteiger partial charge in [0.15, 0.2) is 11.7 Å². The average molecular weight is 458 g/mol. The molecule has 16 heteroatoms. The van der Waals surface area contributed by atoms with E-state index in [0.29, 0.717) is 0 Å². The Balaban J connectivity index is -0.000000390. The Morgan fingerprint density at radius 1 is 0.613 bits per heavy atom. The second kappa shape index (κ2) is 16.1. The predicted molar refractivity (Wildman–Crippen MR) is 92.1 cm³/mol. The molecule has 0 aliphatic carbocycles. The molecule has 0 aromatic carbocycles. The molecule has 0 aliphatic rings. The lowest BCUT2D eigenvalue weighted by molar-refractivity contribution is -0.170. The summed E-state index contributed by atoms with van der Waals surface area (Å²) < 4.78 is 0. The Labute approximate surface area is 172 Å². The van der Waals surface area contributed by atoms with E-state index in [2.05, 4.69) is 0 Å². The molecule has 0 saturated carbocycles. The lowest BCUT2D eigenvalue weighted by atomic mass is 9.96. The normalized spacial score (nSPS) is 10.8. The number of carboxylic acids is 7. The van der Waals surface area contributed by atoms with E-state index in [1.54, 1.807) is 0 Å². The summed E-state index contributed by atoms with van der Waals surface area (Å²) in [5.41, 5.74) is -2.74. The topological polar surface area (TPSA) is 302 Å². The molecule has 0 radical (unpaired) electrons. The van der Waals surface area contributed by atoms with Crippen LogP contribution in [0.25, 0.3) is 0 Å². The van der Waals surface area contributed by atoms with Crippen molar-refractivity contribution in [3.8, 4) is 0 Å². The standard InChI is InChI=1S/C6H8O7.C5H8O4.C4H6O5/c7-3(8)1-6(13,5(11)12)2-4(9)10;6-4(7)2-1-3-5(8)9;5-2(4(8)9)1-3(6)7/h13H,1-2H2,(H,7,8)(H,9,10)(H,11,12);1-3H2,(H,6,7)(H,8,9);2,5H,1H2,(H,6,7)(H,8,9). The van der Waals surface area contributed by atoms with Gasteiger partial charge < -0.3 is 46.0 Å². The number of carbonyl (C=O) groups is 7. The van der Waals surface area contributed by atoms with Crippen LogP contribution in [0.1, 0.15) is 38.5 Å². The second-order valence-corrected chi connectivity index (χ2v) is 5.57. The van der Waals surface area contributed by atoms with Crippen molar-refractivity contribution in [2.75, 3.05) is 0 Å². The van der Waals surface area contributed by atoms with Crippen molar-refractivity contribution < 1.29 is 79.5 Å². The summed E-state index contributed by atoms with van der Waals surface area (Å²) in [6, 6.07) is 0. The molecule has 0 bridgehead atoms. The SMILES string of the molecule is O=C(O)CC(O)(CC(=O)O)C(=O)O.O=C(O)CC(O)C(=O)O.O=C(O)CCCC(=O)O. The van der Waals surface area contributed by atoms with Crippen LogP contribution in [0.5, 0.6) is 0 Å². The van der Waals surface area contributed by atoms with Crippen molar-refractivity contribution in [3.63, 3.8) is 0 Å². The molecule has 178 valence electrons. The Morgan fingerprint density at radius 2 is 0.968 bits per heavy atom. The van der Waals surface area contributed by atoms with Gasteiger partial charge in [-0.15, -0.1) is 0 Å². The van der Waals surface area contributed by atoms with Crippen LogP contribution in [0.15, 0.2) is 0 Å². The minimum atomic E-state index is -2.74. The van der Waals surface area contributed by atoms with E-state index in [4.69, 9.17) is 46.0 Å². The third kappa shape index (κ3) is 22.4. The molecule has 31 heavy (non-hydrogen) atoms. The molecule has 9 N–H and O–H groups in total. The molecular formula is C15H22O16. The minimum absolute atomic E-state index is 0.0632. The predicted octanol–water partition coefficient (Wildman–Crippen LogP) is -2.02. The molecule has 0 spiro atoms. The van der Waals surface area contributed by atoms with Crippen LogP contribution in [0.2, 0.25) is 0 Å². The van der Waals surface area contributed by atoms with E-state index in [-0.39, 0.29) is 19.3 Å². The number of aliphatic hydroxyl groups is 2. The zero-order chi connectivity index (χ0) is 25.4. The molecule has 0 fully saturated rings. The number of rotatable bonds is 12. The second-order valence-electron chi connectivity index (χ2n) is 5.57. The van der Waals surface area contributed by atoms with Gasteiger partial charge in [-0.25, -0.2) is 9.59 Å². The number of aliphatic hydroxyl groups excluding tert-OH is 1. The van der Waals surface area contributed by atoms with Gasteiger partial charge in [-0.1, -0.05) is 0 Å². The number of hydrogen-bond acceptors (Lipinski definition) is 9. The van der Waals surface area contributed by atoms with Gasteiger partial charge in [-0.2, -0.15) is 0 Å². The van der Waals surface area contributed by atoms with Crippen LogP contribution in [0, 0.1) is 0 Å². The van der Waals surface area contributed by atoms with Crippen LogP contribution in [0.3, 0.4) is 0 Å². The first-order chi connectivity index (χ1) is 13.9. The van der Waals surface area contributed by atoms with E-state index in [0.717, 1.165) is 0 Å². The highest BCUT2D eigenvalue weighted by Crippen LogP contribution is 2.15. The number of hydrogen-bond donors (Lipinski definition) is 9. The fourth-order valence-corrected chi connectivity index (χ4v) is 1.36. The van der Waals surface area contributed by atoms with E-state index in [1.165, 1.54) is 0 Å². The van der Waals surface area contributed by atoms with Gasteiger partial charge in [0.2, 0.25) is 0 Å². The van der Waals surface area contributed by atoms with Gasteiger partial charge >= 0.3 is 41.8 Å². The Bertz CT molecular complexity index is 636. The quantitative estimate of drug-likeness (QED) is 0.152. The lowest BCUT2D eigenvalue weighted by Crippen LogP contribution is -2.42. The highest BCUT2D eigenvalue weighted by molar-refractivity contribution is 5.88. The third-order valence-electron chi connectivity index (χ3n) is 2.72. The molecule has 0 heterocycles. The summed E-state index contributed by atoms with van der Waals surface area (Å²) in [6.07, 6.45) is -4.75. The third-order valence-corrected chi connectivity index (χ3v) is 2.72.